The zero-order chi connectivity index (χ0) is 18.9. The Kier molecular flexibility index (Phi) is 8.15. The van der Waals surface area contributed by atoms with Crippen LogP contribution in [0.4, 0.5) is 0 Å². The number of aliphatic imine (C=N–C) groups is 1. The molecule has 148 valence electrons. The summed E-state index contributed by atoms with van der Waals surface area (Å²) in [6.07, 6.45) is 6.97. The van der Waals surface area contributed by atoms with E-state index in [-0.39, 0.29) is 48.5 Å². The van der Waals surface area contributed by atoms with Crippen molar-refractivity contribution in [3.8, 4) is 0 Å². The van der Waals surface area contributed by atoms with Crippen molar-refractivity contribution in [1.29, 1.82) is 0 Å². The smallest absolute Gasteiger partial charge is 0.332 e. The number of nitrogens with zero attached hydrogens (tertiary/aromatic N) is 1. The minimum absolute atomic E-state index is 0.00376. The van der Waals surface area contributed by atoms with Crippen LogP contribution in [0.3, 0.4) is 0 Å². The second kappa shape index (κ2) is 10.4. The molecule has 2 aliphatic rings. The molecule has 0 radical (unpaired) electrons. The summed E-state index contributed by atoms with van der Waals surface area (Å²) < 4.78 is 10.5. The lowest BCUT2D eigenvalue weighted by Gasteiger charge is -2.31. The fourth-order valence-electron chi connectivity index (χ4n) is 3.81. The van der Waals surface area contributed by atoms with Gasteiger partial charge in [0, 0.05) is 12.0 Å². The van der Waals surface area contributed by atoms with E-state index < -0.39 is 0 Å². The highest BCUT2D eigenvalue weighted by molar-refractivity contribution is 5.79. The SMILES string of the molecule is CCOC(=O)COC1CCC(NC(=O)C2CCCC(N=C(N)N)C2)CC1. The summed E-state index contributed by atoms with van der Waals surface area (Å²) in [6.45, 7) is 2.15. The fourth-order valence-corrected chi connectivity index (χ4v) is 3.81. The molecule has 0 aliphatic heterocycles. The summed E-state index contributed by atoms with van der Waals surface area (Å²) in [5.41, 5.74) is 10.9. The molecule has 0 aromatic carbocycles. The highest BCUT2D eigenvalue weighted by atomic mass is 16.6. The molecule has 2 saturated carbocycles. The van der Waals surface area contributed by atoms with Crippen molar-refractivity contribution in [2.24, 2.45) is 22.4 Å². The Bertz CT molecular complexity index is 499. The summed E-state index contributed by atoms with van der Waals surface area (Å²) in [6, 6.07) is 0.227. The number of carbonyl (C=O) groups excluding carboxylic acids is 2. The monoisotopic (exact) mass is 368 g/mol. The average molecular weight is 368 g/mol. The predicted molar refractivity (Wildman–Crippen MR) is 98.3 cm³/mol. The van der Waals surface area contributed by atoms with Gasteiger partial charge in [-0.1, -0.05) is 6.42 Å². The number of nitrogens with two attached hydrogens (primary N) is 2. The number of guanidine groups is 1. The van der Waals surface area contributed by atoms with E-state index in [0.717, 1.165) is 44.9 Å². The van der Waals surface area contributed by atoms with Crippen LogP contribution >= 0.6 is 0 Å². The molecule has 8 heteroatoms. The lowest BCUT2D eigenvalue weighted by atomic mass is 9.84. The van der Waals surface area contributed by atoms with Gasteiger partial charge in [-0.15, -0.1) is 0 Å². The summed E-state index contributed by atoms with van der Waals surface area (Å²) in [7, 11) is 0. The first-order chi connectivity index (χ1) is 12.5. The number of hydrogen-bond acceptors (Lipinski definition) is 5. The van der Waals surface area contributed by atoms with Gasteiger partial charge in [-0.05, 0) is 51.9 Å². The number of amides is 1. The van der Waals surface area contributed by atoms with E-state index in [4.69, 9.17) is 20.9 Å². The Labute approximate surface area is 155 Å². The quantitative estimate of drug-likeness (QED) is 0.347. The van der Waals surface area contributed by atoms with Gasteiger partial charge in [0.1, 0.15) is 6.61 Å². The summed E-state index contributed by atoms with van der Waals surface area (Å²) >= 11 is 0. The Morgan fingerprint density at radius 3 is 2.50 bits per heavy atom. The number of ether oxygens (including phenoxy) is 2. The van der Waals surface area contributed by atoms with Gasteiger partial charge in [0.2, 0.25) is 5.91 Å². The largest absolute Gasteiger partial charge is 0.464 e. The zero-order valence-electron chi connectivity index (χ0n) is 15.6. The molecule has 1 amide bonds. The highest BCUT2D eigenvalue weighted by Gasteiger charge is 2.30. The first-order valence-electron chi connectivity index (χ1n) is 9.64. The topological polar surface area (TPSA) is 129 Å². The molecule has 5 N–H and O–H groups in total. The number of nitrogens with one attached hydrogen (secondary N) is 1. The van der Waals surface area contributed by atoms with Crippen molar-refractivity contribution in [2.45, 2.75) is 76.5 Å². The molecule has 2 rings (SSSR count). The van der Waals surface area contributed by atoms with Crippen LogP contribution in [0, 0.1) is 5.92 Å². The maximum Gasteiger partial charge on any atom is 0.332 e. The first-order valence-corrected chi connectivity index (χ1v) is 9.64. The molecule has 0 heterocycles. The van der Waals surface area contributed by atoms with Crippen molar-refractivity contribution in [1.82, 2.24) is 5.32 Å². The van der Waals surface area contributed by atoms with E-state index >= 15 is 0 Å². The molecule has 2 aliphatic carbocycles. The molecule has 0 spiro atoms. The lowest BCUT2D eigenvalue weighted by Crippen LogP contribution is -2.43. The van der Waals surface area contributed by atoms with Gasteiger partial charge in [-0.25, -0.2) is 4.79 Å². The van der Waals surface area contributed by atoms with Crippen LogP contribution in [0.15, 0.2) is 4.99 Å². The number of esters is 1. The van der Waals surface area contributed by atoms with Crippen LogP contribution in [-0.2, 0) is 19.1 Å². The molecule has 0 saturated heterocycles. The van der Waals surface area contributed by atoms with E-state index in [1.807, 2.05) is 0 Å². The van der Waals surface area contributed by atoms with E-state index in [2.05, 4.69) is 10.3 Å². The van der Waals surface area contributed by atoms with Crippen LogP contribution in [0.5, 0.6) is 0 Å². The number of rotatable bonds is 7. The zero-order valence-corrected chi connectivity index (χ0v) is 15.6. The highest BCUT2D eigenvalue weighted by Crippen LogP contribution is 2.28. The van der Waals surface area contributed by atoms with Crippen molar-refractivity contribution in [3.05, 3.63) is 0 Å². The second-order valence-electron chi connectivity index (χ2n) is 7.17. The van der Waals surface area contributed by atoms with Gasteiger partial charge >= 0.3 is 5.97 Å². The van der Waals surface area contributed by atoms with Gasteiger partial charge in [-0.3, -0.25) is 9.79 Å². The Morgan fingerprint density at radius 1 is 1.12 bits per heavy atom. The van der Waals surface area contributed by atoms with Gasteiger partial charge < -0.3 is 26.3 Å². The number of carbonyl (C=O) groups is 2. The van der Waals surface area contributed by atoms with Crippen LogP contribution in [0.2, 0.25) is 0 Å². The maximum absolute atomic E-state index is 12.6. The first kappa shape index (κ1) is 20.5. The van der Waals surface area contributed by atoms with Crippen molar-refractivity contribution in [2.75, 3.05) is 13.2 Å². The van der Waals surface area contributed by atoms with E-state index in [9.17, 15) is 9.59 Å². The van der Waals surface area contributed by atoms with Crippen LogP contribution < -0.4 is 16.8 Å². The van der Waals surface area contributed by atoms with Gasteiger partial charge in [0.15, 0.2) is 5.96 Å². The molecular formula is C18H32N4O4. The number of hydrogen-bond donors (Lipinski definition) is 3. The molecule has 2 unspecified atom stereocenters. The standard InChI is InChI=1S/C18H32N4O4/c1-2-25-16(23)11-26-15-8-6-13(7-9-15)21-17(24)12-4-3-5-14(10-12)22-18(19)20/h12-15H,2-11H2,1H3,(H,21,24)(H4,19,20,22). The lowest BCUT2D eigenvalue weighted by molar-refractivity contribution is -0.151. The van der Waals surface area contributed by atoms with Crippen LogP contribution in [0.1, 0.15) is 58.3 Å². The third kappa shape index (κ3) is 6.82. The minimum Gasteiger partial charge on any atom is -0.464 e. The van der Waals surface area contributed by atoms with Crippen molar-refractivity contribution in [3.63, 3.8) is 0 Å². The average Bonchev–Trinajstić information content (AvgIpc) is 2.61. The molecule has 8 nitrogen and oxygen atoms in total. The van der Waals surface area contributed by atoms with Crippen LogP contribution in [-0.4, -0.2) is 49.2 Å². The van der Waals surface area contributed by atoms with E-state index in [0.29, 0.717) is 13.0 Å². The van der Waals surface area contributed by atoms with Gasteiger partial charge in [0.25, 0.3) is 0 Å². The Hall–Kier alpha value is -1.83. The predicted octanol–water partition coefficient (Wildman–Crippen LogP) is 0.826. The Morgan fingerprint density at radius 2 is 1.85 bits per heavy atom. The molecule has 0 bridgehead atoms. The summed E-state index contributed by atoms with van der Waals surface area (Å²) in [4.78, 5) is 28.1. The van der Waals surface area contributed by atoms with Crippen molar-refractivity contribution < 1.29 is 19.1 Å². The third-order valence-electron chi connectivity index (χ3n) is 5.11. The maximum atomic E-state index is 12.6. The van der Waals surface area contributed by atoms with E-state index in [1.54, 1.807) is 6.92 Å². The minimum atomic E-state index is -0.324. The summed E-state index contributed by atoms with van der Waals surface area (Å²) in [5.74, 6) is -0.140. The van der Waals surface area contributed by atoms with Crippen LogP contribution in [0.25, 0.3) is 0 Å². The molecule has 0 aromatic heterocycles. The fraction of sp³-hybridized carbons (Fsp3) is 0.833. The second-order valence-corrected chi connectivity index (χ2v) is 7.17. The molecule has 2 atom stereocenters. The Balaban J connectivity index is 1.69. The van der Waals surface area contributed by atoms with Gasteiger partial charge in [0.05, 0.1) is 18.8 Å². The molecule has 0 aromatic rings. The van der Waals surface area contributed by atoms with Crippen molar-refractivity contribution >= 4 is 17.8 Å². The molecule has 2 fully saturated rings. The molecule has 26 heavy (non-hydrogen) atoms. The normalized spacial score (nSPS) is 28.8. The summed E-state index contributed by atoms with van der Waals surface area (Å²) in [5, 5.41) is 3.17. The molecular weight excluding hydrogens is 336 g/mol. The van der Waals surface area contributed by atoms with E-state index in [1.165, 1.54) is 0 Å². The third-order valence-corrected chi connectivity index (χ3v) is 5.11. The van der Waals surface area contributed by atoms with Gasteiger partial charge in [-0.2, -0.15) is 0 Å².